The van der Waals surface area contributed by atoms with Gasteiger partial charge in [-0.1, -0.05) is 20.3 Å². The topological polar surface area (TPSA) is 72.0 Å². The largest absolute Gasteiger partial charge is 0.491 e. The van der Waals surface area contributed by atoms with Crippen LogP contribution in [0.3, 0.4) is 0 Å². The molecule has 0 radical (unpaired) electrons. The number of carbonyl (C=O) groups excluding carboxylic acids is 2. The van der Waals surface area contributed by atoms with Gasteiger partial charge in [0, 0.05) is 62.6 Å². The molecule has 7 nitrogen and oxygen atoms in total. The molecule has 0 spiro atoms. The van der Waals surface area contributed by atoms with Crippen molar-refractivity contribution < 1.29 is 19.1 Å². The van der Waals surface area contributed by atoms with Gasteiger partial charge >= 0.3 is 0 Å². The van der Waals surface area contributed by atoms with Gasteiger partial charge in [-0.2, -0.15) is 0 Å². The molecule has 174 valence electrons. The number of carbonyl (C=O) groups is 2. The molecule has 1 aromatic heterocycles. The molecule has 1 unspecified atom stereocenters. The number of fused-ring (bicyclic) bond motifs is 1. The van der Waals surface area contributed by atoms with E-state index in [0.717, 1.165) is 50.2 Å². The first kappa shape index (κ1) is 25.1. The summed E-state index contributed by atoms with van der Waals surface area (Å²) >= 11 is 0. The van der Waals surface area contributed by atoms with Crippen LogP contribution in [0.1, 0.15) is 70.8 Å². The summed E-state index contributed by atoms with van der Waals surface area (Å²) < 4.78 is 10.9. The number of hydrogen-bond donors (Lipinski definition) is 0. The number of likely N-dealkylation sites (tertiary alicyclic amines) is 1. The summed E-state index contributed by atoms with van der Waals surface area (Å²) in [4.78, 5) is 29.9. The minimum atomic E-state index is 0.339. The molecule has 0 bridgehead atoms. The lowest BCUT2D eigenvalue weighted by atomic mass is 9.93. The zero-order valence-corrected chi connectivity index (χ0v) is 19.4. The fraction of sp³-hybridized carbons (Fsp3) is 0.708. The van der Waals surface area contributed by atoms with Gasteiger partial charge in [0.05, 0.1) is 6.61 Å². The summed E-state index contributed by atoms with van der Waals surface area (Å²) in [6, 6.07) is 2.48. The van der Waals surface area contributed by atoms with E-state index < -0.39 is 0 Å². The van der Waals surface area contributed by atoms with Gasteiger partial charge in [-0.05, 0) is 38.7 Å². The van der Waals surface area contributed by atoms with Gasteiger partial charge < -0.3 is 19.3 Å². The molecule has 3 fully saturated rings. The Balaban J connectivity index is 0.000000224. The lowest BCUT2D eigenvalue weighted by Crippen LogP contribution is -2.43. The number of pyridine rings is 1. The van der Waals surface area contributed by atoms with E-state index in [9.17, 15) is 9.59 Å². The standard InChI is InChI=1S/C13H18N2O3.C9H15NO.C2H6/c1-2-17-5-6-18-13-3-4-14-7-12(13)11-8-15(9-11)10-16;11-9-6-2-1-4-8-5-3-7-10(8)9;1-2/h3-4,7,10-11H,2,5-6,8-9H2,1H3;8H,1-7H2;1-2H3. The molecule has 1 aromatic rings. The molecule has 3 saturated heterocycles. The number of hydrogen-bond acceptors (Lipinski definition) is 5. The Morgan fingerprint density at radius 2 is 1.94 bits per heavy atom. The van der Waals surface area contributed by atoms with E-state index in [2.05, 4.69) is 9.88 Å². The Kier molecular flexibility index (Phi) is 11.4. The average molecular weight is 434 g/mol. The van der Waals surface area contributed by atoms with Gasteiger partial charge in [0.15, 0.2) is 0 Å². The van der Waals surface area contributed by atoms with Crippen molar-refractivity contribution in [1.29, 1.82) is 0 Å². The summed E-state index contributed by atoms with van der Waals surface area (Å²) in [5.41, 5.74) is 1.08. The number of rotatable bonds is 7. The normalized spacial score (nSPS) is 20.4. The van der Waals surface area contributed by atoms with E-state index in [0.29, 0.717) is 37.7 Å². The zero-order chi connectivity index (χ0) is 22.5. The van der Waals surface area contributed by atoms with Crippen molar-refractivity contribution in [3.8, 4) is 5.75 Å². The highest BCUT2D eigenvalue weighted by atomic mass is 16.5. The van der Waals surface area contributed by atoms with E-state index in [1.165, 1.54) is 25.7 Å². The maximum Gasteiger partial charge on any atom is 0.222 e. The Morgan fingerprint density at radius 3 is 2.68 bits per heavy atom. The lowest BCUT2D eigenvalue weighted by Gasteiger charge is -2.37. The molecule has 3 aliphatic heterocycles. The monoisotopic (exact) mass is 433 g/mol. The summed E-state index contributed by atoms with van der Waals surface area (Å²) in [6.07, 6.45) is 11.3. The zero-order valence-electron chi connectivity index (χ0n) is 19.4. The second-order valence-corrected chi connectivity index (χ2v) is 7.84. The maximum atomic E-state index is 11.4. The summed E-state index contributed by atoms with van der Waals surface area (Å²) in [5.74, 6) is 1.59. The molecule has 7 heteroatoms. The van der Waals surface area contributed by atoms with Crippen molar-refractivity contribution in [2.75, 3.05) is 39.5 Å². The SMILES string of the molecule is CC.CCOCCOc1ccncc1C1CN(C=O)C1.O=C1CCCCC2CCCN12. The Hall–Kier alpha value is -2.15. The first-order valence-electron chi connectivity index (χ1n) is 11.9. The number of aromatic nitrogens is 1. The fourth-order valence-corrected chi connectivity index (χ4v) is 4.25. The Morgan fingerprint density at radius 1 is 1.16 bits per heavy atom. The van der Waals surface area contributed by atoms with E-state index >= 15 is 0 Å². The van der Waals surface area contributed by atoms with Crippen LogP contribution in [-0.4, -0.2) is 72.6 Å². The highest BCUT2D eigenvalue weighted by molar-refractivity contribution is 5.77. The van der Waals surface area contributed by atoms with Crippen LogP contribution in [0.4, 0.5) is 0 Å². The highest BCUT2D eigenvalue weighted by Gasteiger charge is 2.30. The van der Waals surface area contributed by atoms with E-state index in [4.69, 9.17) is 9.47 Å². The van der Waals surface area contributed by atoms with Gasteiger partial charge in [-0.3, -0.25) is 14.6 Å². The van der Waals surface area contributed by atoms with Crippen LogP contribution in [-0.2, 0) is 14.3 Å². The highest BCUT2D eigenvalue weighted by Crippen LogP contribution is 2.32. The van der Waals surface area contributed by atoms with Crippen LogP contribution >= 0.6 is 0 Å². The van der Waals surface area contributed by atoms with Crippen molar-refractivity contribution in [2.45, 2.75) is 71.3 Å². The molecular formula is C24H39N3O4. The molecule has 0 aliphatic carbocycles. The Labute approximate surface area is 187 Å². The Bertz CT molecular complexity index is 664. The van der Waals surface area contributed by atoms with Crippen LogP contribution in [0.2, 0.25) is 0 Å². The fourth-order valence-electron chi connectivity index (χ4n) is 4.25. The molecule has 3 aliphatic rings. The van der Waals surface area contributed by atoms with Gasteiger partial charge in [0.1, 0.15) is 12.4 Å². The second-order valence-electron chi connectivity index (χ2n) is 7.84. The maximum absolute atomic E-state index is 11.4. The van der Waals surface area contributed by atoms with Crippen LogP contribution in [0.25, 0.3) is 0 Å². The smallest absolute Gasteiger partial charge is 0.222 e. The minimum Gasteiger partial charge on any atom is -0.491 e. The quantitative estimate of drug-likeness (QED) is 0.485. The molecule has 2 amide bonds. The molecule has 0 aromatic carbocycles. The van der Waals surface area contributed by atoms with Crippen LogP contribution in [0.5, 0.6) is 5.75 Å². The second kappa shape index (κ2) is 14.0. The molecule has 0 saturated carbocycles. The van der Waals surface area contributed by atoms with Crippen molar-refractivity contribution in [3.63, 3.8) is 0 Å². The molecule has 4 heterocycles. The van der Waals surface area contributed by atoms with E-state index in [1.807, 2.05) is 33.0 Å². The summed E-state index contributed by atoms with van der Waals surface area (Å²) in [7, 11) is 0. The first-order valence-corrected chi connectivity index (χ1v) is 11.9. The molecule has 1 atom stereocenters. The molecule has 31 heavy (non-hydrogen) atoms. The van der Waals surface area contributed by atoms with Crippen LogP contribution in [0, 0.1) is 0 Å². The van der Waals surface area contributed by atoms with E-state index in [1.54, 1.807) is 11.1 Å². The van der Waals surface area contributed by atoms with Gasteiger partial charge in [0.2, 0.25) is 12.3 Å². The predicted octanol–water partition coefficient (Wildman–Crippen LogP) is 3.63. The average Bonchev–Trinajstić information content (AvgIpc) is 3.18. The number of nitrogens with zero attached hydrogens (tertiary/aromatic N) is 3. The van der Waals surface area contributed by atoms with Crippen molar-refractivity contribution in [2.24, 2.45) is 0 Å². The van der Waals surface area contributed by atoms with E-state index in [-0.39, 0.29) is 0 Å². The third-order valence-electron chi connectivity index (χ3n) is 5.87. The predicted molar refractivity (Wildman–Crippen MR) is 121 cm³/mol. The van der Waals surface area contributed by atoms with Crippen molar-refractivity contribution in [3.05, 3.63) is 24.0 Å². The lowest BCUT2D eigenvalue weighted by molar-refractivity contribution is -0.131. The number of amides is 2. The molecule has 0 N–H and O–H groups in total. The summed E-state index contributed by atoms with van der Waals surface area (Å²) in [5, 5.41) is 0. The number of ether oxygens (including phenoxy) is 2. The van der Waals surface area contributed by atoms with Crippen LogP contribution in [0.15, 0.2) is 18.5 Å². The summed E-state index contributed by atoms with van der Waals surface area (Å²) in [6.45, 7) is 10.3. The molecular weight excluding hydrogens is 394 g/mol. The third-order valence-corrected chi connectivity index (χ3v) is 5.87. The van der Waals surface area contributed by atoms with Crippen LogP contribution < -0.4 is 4.74 Å². The van der Waals surface area contributed by atoms with Gasteiger partial charge in [0.25, 0.3) is 0 Å². The van der Waals surface area contributed by atoms with Crippen molar-refractivity contribution in [1.82, 2.24) is 14.8 Å². The molecule has 4 rings (SSSR count). The van der Waals surface area contributed by atoms with Crippen molar-refractivity contribution >= 4 is 12.3 Å². The minimum absolute atomic E-state index is 0.339. The first-order chi connectivity index (χ1) is 15.2. The third kappa shape index (κ3) is 7.49. The van der Waals surface area contributed by atoms with Gasteiger partial charge in [-0.15, -0.1) is 0 Å². The van der Waals surface area contributed by atoms with Gasteiger partial charge in [-0.25, -0.2) is 0 Å².